The summed E-state index contributed by atoms with van der Waals surface area (Å²) in [5, 5.41) is 12.8. The van der Waals surface area contributed by atoms with Crippen molar-refractivity contribution in [1.29, 1.82) is 5.26 Å². The van der Waals surface area contributed by atoms with Gasteiger partial charge in [0.15, 0.2) is 0 Å². The molecule has 0 aliphatic heterocycles. The zero-order valence-electron chi connectivity index (χ0n) is 10.6. The fourth-order valence-electron chi connectivity index (χ4n) is 2.48. The van der Waals surface area contributed by atoms with Crippen LogP contribution < -0.4 is 5.32 Å². The van der Waals surface area contributed by atoms with Crippen LogP contribution in [0.3, 0.4) is 0 Å². The lowest BCUT2D eigenvalue weighted by molar-refractivity contribution is 0.230. The lowest BCUT2D eigenvalue weighted by Crippen LogP contribution is -2.51. The third-order valence-electron chi connectivity index (χ3n) is 3.55. The minimum Gasteiger partial charge on any atom is -0.313 e. The third-order valence-corrected chi connectivity index (χ3v) is 4.33. The van der Waals surface area contributed by atoms with Crippen molar-refractivity contribution in [3.05, 3.63) is 35.9 Å². The largest absolute Gasteiger partial charge is 0.313 e. The lowest BCUT2D eigenvalue weighted by atomic mass is 9.62. The molecule has 96 valence electrons. The SMILES string of the molecule is CS(=O)CCNC1CC(C#N)(c2ccccc2)C1. The molecule has 4 heteroatoms. The molecule has 1 atom stereocenters. The van der Waals surface area contributed by atoms with E-state index in [9.17, 15) is 9.47 Å². The minimum absolute atomic E-state index is 0.315. The predicted octanol–water partition coefficient (Wildman–Crippen LogP) is 1.58. The molecule has 2 rings (SSSR count). The molecule has 0 aromatic heterocycles. The molecule has 1 fully saturated rings. The fourth-order valence-corrected chi connectivity index (χ4v) is 2.89. The normalized spacial score (nSPS) is 28.1. The second-order valence-electron chi connectivity index (χ2n) is 4.90. The molecule has 1 unspecified atom stereocenters. The van der Waals surface area contributed by atoms with Crippen molar-refractivity contribution in [2.75, 3.05) is 18.6 Å². The van der Waals surface area contributed by atoms with Gasteiger partial charge in [-0.1, -0.05) is 30.3 Å². The molecule has 0 radical (unpaired) electrons. The first-order valence-corrected chi connectivity index (χ1v) is 7.89. The standard InChI is InChI=1S/C14H18N2OS/c1-18(17)8-7-16-13-9-14(10-13,11-15)12-5-3-2-4-6-12/h2-6,13,16H,7-10H2,1H3. The van der Waals surface area contributed by atoms with Crippen LogP contribution in [0.5, 0.6) is 0 Å². The number of hydrogen-bond acceptors (Lipinski definition) is 3. The van der Waals surface area contributed by atoms with E-state index in [1.807, 2.05) is 30.3 Å². The van der Waals surface area contributed by atoms with Gasteiger partial charge in [-0.15, -0.1) is 0 Å². The van der Waals surface area contributed by atoms with Crippen molar-refractivity contribution in [3.63, 3.8) is 0 Å². The molecule has 1 aromatic rings. The van der Waals surface area contributed by atoms with E-state index in [0.29, 0.717) is 11.8 Å². The predicted molar refractivity (Wildman–Crippen MR) is 73.7 cm³/mol. The third kappa shape index (κ3) is 2.80. The van der Waals surface area contributed by atoms with Gasteiger partial charge in [-0.25, -0.2) is 0 Å². The Morgan fingerprint density at radius 2 is 2.11 bits per heavy atom. The van der Waals surface area contributed by atoms with Crippen molar-refractivity contribution < 1.29 is 4.21 Å². The van der Waals surface area contributed by atoms with Gasteiger partial charge < -0.3 is 5.32 Å². The van der Waals surface area contributed by atoms with E-state index >= 15 is 0 Å². The van der Waals surface area contributed by atoms with Gasteiger partial charge in [0.1, 0.15) is 0 Å². The van der Waals surface area contributed by atoms with Crippen LogP contribution >= 0.6 is 0 Å². The van der Waals surface area contributed by atoms with Crippen molar-refractivity contribution in [2.24, 2.45) is 0 Å². The summed E-state index contributed by atoms with van der Waals surface area (Å²) in [5.41, 5.74) is 0.800. The van der Waals surface area contributed by atoms with Crippen LogP contribution in [-0.2, 0) is 16.2 Å². The fraction of sp³-hybridized carbons (Fsp3) is 0.500. The Labute approximate surface area is 111 Å². The van der Waals surface area contributed by atoms with E-state index in [1.54, 1.807) is 6.26 Å². The maximum absolute atomic E-state index is 11.0. The molecule has 0 saturated heterocycles. The Bertz CT molecular complexity index is 460. The van der Waals surface area contributed by atoms with Crippen LogP contribution in [0.4, 0.5) is 0 Å². The highest BCUT2D eigenvalue weighted by molar-refractivity contribution is 7.84. The molecule has 1 saturated carbocycles. The summed E-state index contributed by atoms with van der Waals surface area (Å²) in [6.07, 6.45) is 3.42. The molecule has 3 nitrogen and oxygen atoms in total. The number of rotatable bonds is 5. The molecule has 18 heavy (non-hydrogen) atoms. The molecule has 0 spiro atoms. The first-order valence-electron chi connectivity index (χ1n) is 6.16. The summed E-state index contributed by atoms with van der Waals surface area (Å²) in [5.74, 6) is 0.682. The van der Waals surface area contributed by atoms with Crippen molar-refractivity contribution in [2.45, 2.75) is 24.3 Å². The molecule has 0 bridgehead atoms. The van der Waals surface area contributed by atoms with Gasteiger partial charge in [0.2, 0.25) is 0 Å². The van der Waals surface area contributed by atoms with Crippen LogP contribution in [0.25, 0.3) is 0 Å². The van der Waals surface area contributed by atoms with E-state index in [-0.39, 0.29) is 5.41 Å². The van der Waals surface area contributed by atoms with Gasteiger partial charge in [-0.2, -0.15) is 5.26 Å². The summed E-state index contributed by atoms with van der Waals surface area (Å²) >= 11 is 0. The maximum atomic E-state index is 11.0. The molecule has 0 amide bonds. The summed E-state index contributed by atoms with van der Waals surface area (Å²) in [7, 11) is -0.744. The number of benzene rings is 1. The Hall–Kier alpha value is -1.18. The van der Waals surface area contributed by atoms with Gasteiger partial charge in [0, 0.05) is 35.4 Å². The monoisotopic (exact) mass is 262 g/mol. The Morgan fingerprint density at radius 1 is 1.44 bits per heavy atom. The van der Waals surface area contributed by atoms with E-state index < -0.39 is 10.8 Å². The second kappa shape index (κ2) is 5.64. The minimum atomic E-state index is -0.744. The topological polar surface area (TPSA) is 52.9 Å². The summed E-state index contributed by atoms with van der Waals surface area (Å²) in [6.45, 7) is 0.768. The van der Waals surface area contributed by atoms with Gasteiger partial charge in [0.25, 0.3) is 0 Å². The molecular weight excluding hydrogens is 244 g/mol. The lowest BCUT2D eigenvalue weighted by Gasteiger charge is -2.43. The maximum Gasteiger partial charge on any atom is 0.0852 e. The number of nitrogens with one attached hydrogen (secondary N) is 1. The molecular formula is C14H18N2OS. The summed E-state index contributed by atoms with van der Waals surface area (Å²) < 4.78 is 11.0. The van der Waals surface area contributed by atoms with E-state index in [2.05, 4.69) is 11.4 Å². The second-order valence-corrected chi connectivity index (χ2v) is 6.45. The molecule has 1 aliphatic rings. The van der Waals surface area contributed by atoms with Gasteiger partial charge >= 0.3 is 0 Å². The van der Waals surface area contributed by atoms with Crippen LogP contribution in [0.2, 0.25) is 0 Å². The van der Waals surface area contributed by atoms with Crippen molar-refractivity contribution >= 4 is 10.8 Å². The van der Waals surface area contributed by atoms with Crippen molar-refractivity contribution in [1.82, 2.24) is 5.32 Å². The van der Waals surface area contributed by atoms with E-state index in [4.69, 9.17) is 0 Å². The van der Waals surface area contributed by atoms with Crippen LogP contribution in [0.15, 0.2) is 30.3 Å². The van der Waals surface area contributed by atoms with Crippen LogP contribution in [0.1, 0.15) is 18.4 Å². The average Bonchev–Trinajstić information content (AvgIpc) is 2.33. The molecule has 0 heterocycles. The zero-order chi connectivity index (χ0) is 13.0. The summed E-state index contributed by atoms with van der Waals surface area (Å²) in [6, 6.07) is 12.8. The van der Waals surface area contributed by atoms with Gasteiger partial charge in [-0.05, 0) is 18.4 Å². The van der Waals surface area contributed by atoms with E-state index in [0.717, 1.165) is 24.9 Å². The van der Waals surface area contributed by atoms with Crippen LogP contribution in [0, 0.1) is 11.3 Å². The summed E-state index contributed by atoms with van der Waals surface area (Å²) in [4.78, 5) is 0. The molecule has 1 N–H and O–H groups in total. The van der Waals surface area contributed by atoms with Crippen LogP contribution in [-0.4, -0.2) is 28.8 Å². The molecule has 1 aromatic carbocycles. The smallest absolute Gasteiger partial charge is 0.0852 e. The average molecular weight is 262 g/mol. The first kappa shape index (κ1) is 13.3. The Kier molecular flexibility index (Phi) is 4.15. The number of nitriles is 1. The highest BCUT2D eigenvalue weighted by Crippen LogP contribution is 2.43. The Morgan fingerprint density at radius 3 is 2.67 bits per heavy atom. The quantitative estimate of drug-likeness (QED) is 0.876. The van der Waals surface area contributed by atoms with E-state index in [1.165, 1.54) is 0 Å². The highest BCUT2D eigenvalue weighted by Gasteiger charge is 2.45. The van der Waals surface area contributed by atoms with Gasteiger partial charge in [0.05, 0.1) is 11.5 Å². The Balaban J connectivity index is 1.89. The number of hydrogen-bond donors (Lipinski definition) is 1. The van der Waals surface area contributed by atoms with Gasteiger partial charge in [-0.3, -0.25) is 4.21 Å². The highest BCUT2D eigenvalue weighted by atomic mass is 32.2. The number of nitrogens with zero attached hydrogens (tertiary/aromatic N) is 1. The molecule has 1 aliphatic carbocycles. The first-order chi connectivity index (χ1) is 8.66. The van der Waals surface area contributed by atoms with Crippen molar-refractivity contribution in [3.8, 4) is 6.07 Å². The zero-order valence-corrected chi connectivity index (χ0v) is 11.4.